The van der Waals surface area contributed by atoms with Gasteiger partial charge in [-0.15, -0.1) is 0 Å². The van der Waals surface area contributed by atoms with Gasteiger partial charge >= 0.3 is 18.2 Å². The standard InChI is InChI=1S/C28H34ClN3O6/c1-26(2,3)23(33)36-21-13-11-17(29)15-18(21)16-10-12-20-19(14-16)22(31-30-20)32(24(34)37-27(4,5)6)25(35)38-28(7,8)9/h10-15H,1-9H3,(H,30,31). The van der Waals surface area contributed by atoms with Crippen LogP contribution in [0.2, 0.25) is 5.02 Å². The van der Waals surface area contributed by atoms with E-state index in [1.165, 1.54) is 0 Å². The van der Waals surface area contributed by atoms with Crippen molar-refractivity contribution in [1.82, 2.24) is 10.2 Å². The molecule has 0 bridgehead atoms. The number of H-pyrrole nitrogens is 1. The molecule has 1 aromatic heterocycles. The normalized spacial score (nSPS) is 12.3. The first kappa shape index (κ1) is 29.0. The summed E-state index contributed by atoms with van der Waals surface area (Å²) in [5.41, 5.74) is -0.753. The van der Waals surface area contributed by atoms with Crippen LogP contribution in [0.25, 0.3) is 22.0 Å². The lowest BCUT2D eigenvalue weighted by Gasteiger charge is -2.27. The number of aromatic nitrogens is 2. The van der Waals surface area contributed by atoms with Crippen molar-refractivity contribution in [1.29, 1.82) is 0 Å². The Bertz CT molecular complexity index is 1350. The zero-order valence-corrected chi connectivity index (χ0v) is 23.9. The molecular weight excluding hydrogens is 510 g/mol. The lowest BCUT2D eigenvalue weighted by Crippen LogP contribution is -2.44. The molecule has 0 unspecified atom stereocenters. The number of fused-ring (bicyclic) bond motifs is 1. The molecule has 0 fully saturated rings. The predicted octanol–water partition coefficient (Wildman–Crippen LogP) is 7.51. The van der Waals surface area contributed by atoms with E-state index in [1.807, 2.05) is 0 Å². The Morgan fingerprint density at radius 2 is 1.42 bits per heavy atom. The van der Waals surface area contributed by atoms with E-state index in [0.717, 1.165) is 4.90 Å². The van der Waals surface area contributed by atoms with E-state index in [9.17, 15) is 14.4 Å². The van der Waals surface area contributed by atoms with Crippen molar-refractivity contribution >= 4 is 46.5 Å². The molecule has 1 heterocycles. The van der Waals surface area contributed by atoms with Crippen molar-refractivity contribution in [3.8, 4) is 16.9 Å². The number of aromatic amines is 1. The summed E-state index contributed by atoms with van der Waals surface area (Å²) in [5, 5.41) is 7.96. The minimum absolute atomic E-state index is 0.000569. The van der Waals surface area contributed by atoms with E-state index in [2.05, 4.69) is 10.2 Å². The number of hydrogen-bond donors (Lipinski definition) is 1. The number of carbonyl (C=O) groups excluding carboxylic acids is 3. The van der Waals surface area contributed by atoms with E-state index in [1.54, 1.807) is 98.7 Å². The second kappa shape index (κ2) is 10.3. The van der Waals surface area contributed by atoms with Crippen molar-refractivity contribution in [2.75, 3.05) is 4.90 Å². The highest BCUT2D eigenvalue weighted by atomic mass is 35.5. The molecule has 3 rings (SSSR count). The van der Waals surface area contributed by atoms with Gasteiger partial charge in [0.05, 0.1) is 10.9 Å². The molecule has 0 aliphatic rings. The maximum absolute atomic E-state index is 13.2. The Morgan fingerprint density at radius 1 is 0.842 bits per heavy atom. The number of anilines is 1. The van der Waals surface area contributed by atoms with Crippen LogP contribution in [0.5, 0.6) is 5.75 Å². The highest BCUT2D eigenvalue weighted by Crippen LogP contribution is 2.37. The van der Waals surface area contributed by atoms with Crippen LogP contribution in [0.4, 0.5) is 15.4 Å². The Morgan fingerprint density at radius 3 is 1.95 bits per heavy atom. The number of hydrogen-bond acceptors (Lipinski definition) is 7. The maximum Gasteiger partial charge on any atom is 0.425 e. The van der Waals surface area contributed by atoms with E-state index in [0.29, 0.717) is 32.8 Å². The molecule has 10 heteroatoms. The Labute approximate surface area is 227 Å². The molecule has 204 valence electrons. The molecule has 0 radical (unpaired) electrons. The molecule has 0 aliphatic carbocycles. The first-order valence-electron chi connectivity index (χ1n) is 12.1. The molecule has 2 amide bonds. The summed E-state index contributed by atoms with van der Waals surface area (Å²) in [7, 11) is 0. The van der Waals surface area contributed by atoms with Crippen LogP contribution in [-0.4, -0.2) is 39.6 Å². The Hall–Kier alpha value is -3.59. The van der Waals surface area contributed by atoms with E-state index in [-0.39, 0.29) is 5.82 Å². The van der Waals surface area contributed by atoms with Crippen LogP contribution in [0, 0.1) is 5.41 Å². The highest BCUT2D eigenvalue weighted by Gasteiger charge is 2.35. The number of nitrogens with zero attached hydrogens (tertiary/aromatic N) is 2. The fourth-order valence-corrected chi connectivity index (χ4v) is 3.44. The summed E-state index contributed by atoms with van der Waals surface area (Å²) in [6.07, 6.45) is -1.87. The maximum atomic E-state index is 13.2. The fraction of sp³-hybridized carbons (Fsp3) is 0.429. The molecule has 0 aliphatic heterocycles. The Balaban J connectivity index is 2.15. The summed E-state index contributed by atoms with van der Waals surface area (Å²) in [6, 6.07) is 10.2. The first-order chi connectivity index (χ1) is 17.4. The summed E-state index contributed by atoms with van der Waals surface area (Å²) in [4.78, 5) is 39.7. The van der Waals surface area contributed by atoms with Crippen LogP contribution in [-0.2, 0) is 14.3 Å². The van der Waals surface area contributed by atoms with Gasteiger partial charge in [-0.2, -0.15) is 10.00 Å². The zero-order chi connectivity index (χ0) is 28.6. The van der Waals surface area contributed by atoms with Crippen molar-refractivity contribution in [2.24, 2.45) is 5.41 Å². The van der Waals surface area contributed by atoms with Crippen molar-refractivity contribution in [2.45, 2.75) is 73.5 Å². The van der Waals surface area contributed by atoms with Crippen LogP contribution in [0.3, 0.4) is 0 Å². The molecule has 0 spiro atoms. The fourth-order valence-electron chi connectivity index (χ4n) is 3.27. The van der Waals surface area contributed by atoms with Gasteiger partial charge in [0.1, 0.15) is 17.0 Å². The van der Waals surface area contributed by atoms with Crippen LogP contribution < -0.4 is 9.64 Å². The third-order valence-electron chi connectivity index (χ3n) is 4.97. The predicted molar refractivity (Wildman–Crippen MR) is 147 cm³/mol. The summed E-state index contributed by atoms with van der Waals surface area (Å²) in [5.74, 6) is -0.0948. The van der Waals surface area contributed by atoms with Gasteiger partial charge < -0.3 is 14.2 Å². The SMILES string of the molecule is CC(C)(C)OC(=O)N(C(=O)OC(C)(C)C)c1n[nH]c2ccc(-c3cc(Cl)ccc3OC(=O)C(C)(C)C)cc12. The number of nitrogens with one attached hydrogen (secondary N) is 1. The van der Waals surface area contributed by atoms with Gasteiger partial charge in [-0.25, -0.2) is 9.59 Å². The largest absolute Gasteiger partial charge is 0.443 e. The second-order valence-electron chi connectivity index (χ2n) is 11.9. The highest BCUT2D eigenvalue weighted by molar-refractivity contribution is 6.31. The number of imide groups is 1. The third-order valence-corrected chi connectivity index (χ3v) is 5.21. The number of rotatable bonds is 3. The van der Waals surface area contributed by atoms with Gasteiger partial charge in [-0.05, 0) is 98.2 Å². The summed E-state index contributed by atoms with van der Waals surface area (Å²) < 4.78 is 16.7. The lowest BCUT2D eigenvalue weighted by atomic mass is 9.97. The van der Waals surface area contributed by atoms with Gasteiger partial charge in [-0.3, -0.25) is 9.89 Å². The molecule has 2 aromatic carbocycles. The molecule has 3 aromatic rings. The molecule has 0 saturated carbocycles. The van der Waals surface area contributed by atoms with Gasteiger partial charge in [0.2, 0.25) is 0 Å². The molecule has 1 N–H and O–H groups in total. The average Bonchev–Trinajstić information content (AvgIpc) is 3.14. The molecule has 9 nitrogen and oxygen atoms in total. The quantitative estimate of drug-likeness (QED) is 0.268. The second-order valence-corrected chi connectivity index (χ2v) is 12.3. The summed E-state index contributed by atoms with van der Waals surface area (Å²) in [6.45, 7) is 15.4. The zero-order valence-electron chi connectivity index (χ0n) is 23.2. The molecule has 38 heavy (non-hydrogen) atoms. The van der Waals surface area contributed by atoms with Crippen molar-refractivity contribution in [3.63, 3.8) is 0 Å². The Kier molecular flexibility index (Phi) is 7.84. The van der Waals surface area contributed by atoms with E-state index >= 15 is 0 Å². The number of ether oxygens (including phenoxy) is 3. The number of esters is 1. The third kappa shape index (κ3) is 7.04. The van der Waals surface area contributed by atoms with Crippen molar-refractivity contribution < 1.29 is 28.6 Å². The first-order valence-corrected chi connectivity index (χ1v) is 12.5. The van der Waals surface area contributed by atoms with Crippen LogP contribution in [0.15, 0.2) is 36.4 Å². The van der Waals surface area contributed by atoms with Gasteiger partial charge in [0, 0.05) is 16.0 Å². The minimum Gasteiger partial charge on any atom is -0.443 e. The van der Waals surface area contributed by atoms with Crippen LogP contribution in [0.1, 0.15) is 62.3 Å². The van der Waals surface area contributed by atoms with Crippen molar-refractivity contribution in [3.05, 3.63) is 41.4 Å². The van der Waals surface area contributed by atoms with Gasteiger partial charge in [0.15, 0.2) is 5.82 Å². The number of carbonyl (C=O) groups is 3. The summed E-state index contributed by atoms with van der Waals surface area (Å²) >= 11 is 6.29. The minimum atomic E-state index is -0.937. The van der Waals surface area contributed by atoms with E-state index in [4.69, 9.17) is 25.8 Å². The lowest BCUT2D eigenvalue weighted by molar-refractivity contribution is -0.142. The molecular formula is C28H34ClN3O6. The van der Waals surface area contributed by atoms with E-state index < -0.39 is 34.8 Å². The number of amides is 2. The monoisotopic (exact) mass is 543 g/mol. The van der Waals surface area contributed by atoms with Crippen LogP contribution >= 0.6 is 11.6 Å². The topological polar surface area (TPSA) is 111 Å². The molecule has 0 atom stereocenters. The van der Waals surface area contributed by atoms with Gasteiger partial charge in [0.25, 0.3) is 0 Å². The number of benzene rings is 2. The average molecular weight is 544 g/mol. The smallest absolute Gasteiger partial charge is 0.425 e. The van der Waals surface area contributed by atoms with Gasteiger partial charge in [-0.1, -0.05) is 17.7 Å². The number of halogens is 1. The molecule has 0 saturated heterocycles.